The molecule has 5 rings (SSSR count). The van der Waals surface area contributed by atoms with E-state index in [1.165, 1.54) is 29.0 Å². The second kappa shape index (κ2) is 10.3. The number of pyridine rings is 1. The standard InChI is InChI=1S/C26H25F4N5O4/c1-14-3-5-17(6-4-14)24(36)35-15(2)38-25(37)18-10-22(20(27)11-21(18)35)39-23-19(26(28,29)30)9-16(12-31-23)13-34-32-7-8-33-34/h7-12,14-15,17H,3-6,13H2,1-2H3/t14-,15?,17-. The Morgan fingerprint density at radius 1 is 1.10 bits per heavy atom. The number of alkyl halides is 3. The Morgan fingerprint density at radius 3 is 2.46 bits per heavy atom. The van der Waals surface area contributed by atoms with Crippen LogP contribution in [-0.2, 0) is 22.3 Å². The van der Waals surface area contributed by atoms with Crippen molar-refractivity contribution in [1.29, 1.82) is 0 Å². The summed E-state index contributed by atoms with van der Waals surface area (Å²) in [6, 6.07) is 2.66. The second-order valence-corrected chi connectivity index (χ2v) is 9.83. The zero-order chi connectivity index (χ0) is 27.9. The average Bonchev–Trinajstić information content (AvgIpc) is 3.38. The van der Waals surface area contributed by atoms with Crippen LogP contribution in [0, 0.1) is 17.7 Å². The van der Waals surface area contributed by atoms with Gasteiger partial charge in [0.1, 0.15) is 5.56 Å². The van der Waals surface area contributed by atoms with E-state index in [4.69, 9.17) is 9.47 Å². The first-order valence-electron chi connectivity index (χ1n) is 12.5. The van der Waals surface area contributed by atoms with Crippen molar-refractivity contribution >= 4 is 17.6 Å². The van der Waals surface area contributed by atoms with Gasteiger partial charge >= 0.3 is 12.1 Å². The topological polar surface area (TPSA) is 99.4 Å². The Bertz CT molecular complexity index is 1390. The quantitative estimate of drug-likeness (QED) is 0.314. The molecule has 3 aromatic rings. The third-order valence-electron chi connectivity index (χ3n) is 6.98. The molecular weight excluding hydrogens is 522 g/mol. The number of fused-ring (bicyclic) bond motifs is 1. The molecular formula is C26H25F4N5O4. The number of aromatic nitrogens is 4. The number of nitrogens with zero attached hydrogens (tertiary/aromatic N) is 5. The minimum atomic E-state index is -4.88. The third-order valence-corrected chi connectivity index (χ3v) is 6.98. The van der Waals surface area contributed by atoms with Crippen molar-refractivity contribution in [2.45, 2.75) is 58.5 Å². The Morgan fingerprint density at radius 2 is 1.79 bits per heavy atom. The lowest BCUT2D eigenvalue weighted by atomic mass is 9.82. The van der Waals surface area contributed by atoms with Crippen molar-refractivity contribution < 1.29 is 36.6 Å². The fraction of sp³-hybridized carbons (Fsp3) is 0.423. The molecule has 0 N–H and O–H groups in total. The Kier molecular flexibility index (Phi) is 7.00. The summed E-state index contributed by atoms with van der Waals surface area (Å²) >= 11 is 0. The molecule has 0 bridgehead atoms. The molecule has 1 saturated carbocycles. The van der Waals surface area contributed by atoms with Gasteiger partial charge in [-0.25, -0.2) is 14.2 Å². The number of cyclic esters (lactones) is 1. The zero-order valence-corrected chi connectivity index (χ0v) is 21.1. The van der Waals surface area contributed by atoms with Gasteiger partial charge in [-0.15, -0.1) is 0 Å². The van der Waals surface area contributed by atoms with Crippen molar-refractivity contribution in [3.8, 4) is 11.6 Å². The molecule has 1 unspecified atom stereocenters. The molecule has 206 valence electrons. The van der Waals surface area contributed by atoms with Crippen LogP contribution in [0.4, 0.5) is 23.2 Å². The van der Waals surface area contributed by atoms with Gasteiger partial charge in [-0.1, -0.05) is 6.92 Å². The van der Waals surface area contributed by atoms with Gasteiger partial charge in [0.25, 0.3) is 0 Å². The number of carbonyl (C=O) groups excluding carboxylic acids is 2. The minimum absolute atomic E-state index is 0.0155. The van der Waals surface area contributed by atoms with Crippen LogP contribution in [0.5, 0.6) is 11.6 Å². The van der Waals surface area contributed by atoms with E-state index < -0.39 is 41.4 Å². The highest BCUT2D eigenvalue weighted by atomic mass is 19.4. The summed E-state index contributed by atoms with van der Waals surface area (Å²) in [7, 11) is 0. The zero-order valence-electron chi connectivity index (χ0n) is 21.1. The highest BCUT2D eigenvalue weighted by molar-refractivity contribution is 6.06. The molecule has 0 spiro atoms. The number of ether oxygens (including phenoxy) is 2. The van der Waals surface area contributed by atoms with Crippen LogP contribution in [0.15, 0.2) is 36.8 Å². The maximum atomic E-state index is 15.3. The van der Waals surface area contributed by atoms with Crippen LogP contribution in [0.2, 0.25) is 0 Å². The van der Waals surface area contributed by atoms with Gasteiger partial charge in [-0.2, -0.15) is 28.2 Å². The number of carbonyl (C=O) groups is 2. The lowest BCUT2D eigenvalue weighted by Gasteiger charge is -2.37. The number of hydrogen-bond donors (Lipinski definition) is 0. The summed E-state index contributed by atoms with van der Waals surface area (Å²) in [5.74, 6) is -3.58. The van der Waals surface area contributed by atoms with E-state index in [9.17, 15) is 22.8 Å². The fourth-order valence-electron chi connectivity index (χ4n) is 4.91. The fourth-order valence-corrected chi connectivity index (χ4v) is 4.91. The lowest BCUT2D eigenvalue weighted by Crippen LogP contribution is -2.48. The summed E-state index contributed by atoms with van der Waals surface area (Å²) in [5, 5.41) is 7.71. The van der Waals surface area contributed by atoms with Crippen molar-refractivity contribution in [1.82, 2.24) is 20.0 Å². The molecule has 9 nitrogen and oxygen atoms in total. The number of halogens is 4. The molecule has 1 aliphatic carbocycles. The normalized spacial score (nSPS) is 21.3. The largest absolute Gasteiger partial charge is 0.438 e. The summed E-state index contributed by atoms with van der Waals surface area (Å²) in [6.07, 6.45) is 1.11. The summed E-state index contributed by atoms with van der Waals surface area (Å²) < 4.78 is 67.4. The molecule has 1 atom stereocenters. The summed E-state index contributed by atoms with van der Waals surface area (Å²) in [6.45, 7) is 3.54. The van der Waals surface area contributed by atoms with Gasteiger partial charge in [-0.3, -0.25) is 9.69 Å². The highest BCUT2D eigenvalue weighted by Gasteiger charge is 2.40. The first kappa shape index (κ1) is 26.6. The first-order chi connectivity index (χ1) is 18.5. The van der Waals surface area contributed by atoms with Crippen molar-refractivity contribution in [3.63, 3.8) is 0 Å². The number of rotatable bonds is 5. The SMILES string of the molecule is CC1OC(=O)c2cc(Oc3ncc(Cn4nccn4)cc3C(F)(F)F)c(F)cc2N1C(=O)[C@H]1CC[C@H](C)CC1. The van der Waals surface area contributed by atoms with Gasteiger partial charge < -0.3 is 9.47 Å². The molecule has 2 aromatic heterocycles. The predicted octanol–water partition coefficient (Wildman–Crippen LogP) is 5.35. The molecule has 39 heavy (non-hydrogen) atoms. The van der Waals surface area contributed by atoms with Crippen LogP contribution in [-0.4, -0.2) is 38.1 Å². The van der Waals surface area contributed by atoms with E-state index in [0.29, 0.717) is 18.8 Å². The predicted molar refractivity (Wildman–Crippen MR) is 128 cm³/mol. The molecule has 1 amide bonds. The van der Waals surface area contributed by atoms with E-state index in [2.05, 4.69) is 22.1 Å². The van der Waals surface area contributed by atoms with Crippen molar-refractivity contribution in [2.75, 3.05) is 4.90 Å². The molecule has 1 aromatic carbocycles. The van der Waals surface area contributed by atoms with Gasteiger partial charge in [0.2, 0.25) is 11.8 Å². The number of benzene rings is 1. The smallest absolute Gasteiger partial charge is 0.421 e. The highest BCUT2D eigenvalue weighted by Crippen LogP contribution is 2.41. The third kappa shape index (κ3) is 5.43. The van der Waals surface area contributed by atoms with Gasteiger partial charge in [0.05, 0.1) is 30.2 Å². The molecule has 1 aliphatic heterocycles. The molecule has 2 aliphatic rings. The monoisotopic (exact) mass is 547 g/mol. The maximum absolute atomic E-state index is 15.3. The van der Waals surface area contributed by atoms with Crippen LogP contribution in [0.25, 0.3) is 0 Å². The first-order valence-corrected chi connectivity index (χ1v) is 12.5. The Labute approximate surface area is 220 Å². The summed E-state index contributed by atoms with van der Waals surface area (Å²) in [4.78, 5) is 32.2. The number of esters is 1. The van der Waals surface area contributed by atoms with Crippen LogP contribution < -0.4 is 9.64 Å². The van der Waals surface area contributed by atoms with Crippen LogP contribution in [0.1, 0.15) is 61.0 Å². The molecule has 3 heterocycles. The Balaban J connectivity index is 1.46. The number of anilines is 1. The number of amides is 1. The van der Waals surface area contributed by atoms with Gasteiger partial charge in [0.15, 0.2) is 17.8 Å². The van der Waals surface area contributed by atoms with Gasteiger partial charge in [0, 0.05) is 24.2 Å². The summed E-state index contributed by atoms with van der Waals surface area (Å²) in [5.41, 5.74) is -1.32. The maximum Gasteiger partial charge on any atom is 0.421 e. The van der Waals surface area contributed by atoms with Crippen molar-refractivity contribution in [2.24, 2.45) is 11.8 Å². The molecule has 1 fully saturated rings. The van der Waals surface area contributed by atoms with E-state index >= 15 is 4.39 Å². The minimum Gasteiger partial charge on any atom is -0.438 e. The molecule has 0 radical (unpaired) electrons. The van der Waals surface area contributed by atoms with E-state index in [0.717, 1.165) is 37.2 Å². The van der Waals surface area contributed by atoms with E-state index in [1.54, 1.807) is 0 Å². The second-order valence-electron chi connectivity index (χ2n) is 9.83. The molecule has 0 saturated heterocycles. The van der Waals surface area contributed by atoms with Gasteiger partial charge in [-0.05, 0) is 50.2 Å². The van der Waals surface area contributed by atoms with E-state index in [1.807, 2.05) is 0 Å². The van der Waals surface area contributed by atoms with E-state index in [-0.39, 0.29) is 35.2 Å². The van der Waals surface area contributed by atoms with Crippen LogP contribution in [0.3, 0.4) is 0 Å². The lowest BCUT2D eigenvalue weighted by molar-refractivity contribution is -0.139. The van der Waals surface area contributed by atoms with Crippen molar-refractivity contribution in [3.05, 3.63) is 59.3 Å². The van der Waals surface area contributed by atoms with Crippen LogP contribution >= 0.6 is 0 Å². The number of hydrogen-bond acceptors (Lipinski definition) is 7. The Hall–Kier alpha value is -4.03. The average molecular weight is 548 g/mol. The molecule has 13 heteroatoms.